The minimum atomic E-state index is -0.277. The zero-order chi connectivity index (χ0) is 20.1. The first-order chi connectivity index (χ1) is 13.5. The molecular formula is C21H24ClFN2O3. The summed E-state index contributed by atoms with van der Waals surface area (Å²) in [5.41, 5.74) is 1.44. The summed E-state index contributed by atoms with van der Waals surface area (Å²) >= 11 is 6.30. The van der Waals surface area contributed by atoms with Crippen molar-refractivity contribution in [3.05, 3.63) is 52.8 Å². The van der Waals surface area contributed by atoms with Crippen LogP contribution < -0.4 is 14.8 Å². The molecule has 1 amide bonds. The van der Waals surface area contributed by atoms with E-state index in [0.29, 0.717) is 42.0 Å². The number of nitrogens with zero attached hydrogens (tertiary/aromatic N) is 1. The Labute approximate surface area is 169 Å². The van der Waals surface area contributed by atoms with Crippen LogP contribution in [0.5, 0.6) is 11.5 Å². The predicted molar refractivity (Wildman–Crippen MR) is 108 cm³/mol. The quantitative estimate of drug-likeness (QED) is 0.757. The average Bonchev–Trinajstić information content (AvgIpc) is 2.91. The molecule has 3 rings (SSSR count). The van der Waals surface area contributed by atoms with Gasteiger partial charge in [0, 0.05) is 24.6 Å². The van der Waals surface area contributed by atoms with Crippen molar-refractivity contribution in [1.29, 1.82) is 0 Å². The average molecular weight is 407 g/mol. The first-order valence-electron chi connectivity index (χ1n) is 9.36. The molecule has 28 heavy (non-hydrogen) atoms. The maximum atomic E-state index is 13.2. The lowest BCUT2D eigenvalue weighted by Gasteiger charge is -2.27. The normalized spacial score (nSPS) is 14.5. The second kappa shape index (κ2) is 9.26. The van der Waals surface area contributed by atoms with E-state index in [9.17, 15) is 9.18 Å². The summed E-state index contributed by atoms with van der Waals surface area (Å²) in [5.74, 6) is 0.692. The van der Waals surface area contributed by atoms with Crippen LogP contribution >= 0.6 is 11.6 Å². The Morgan fingerprint density at radius 1 is 1.21 bits per heavy atom. The Morgan fingerprint density at radius 3 is 2.50 bits per heavy atom. The molecular weight excluding hydrogens is 383 g/mol. The molecule has 0 aromatic heterocycles. The summed E-state index contributed by atoms with van der Waals surface area (Å²) in [6.07, 6.45) is 0.792. The minimum Gasteiger partial charge on any atom is -0.490 e. The summed E-state index contributed by atoms with van der Waals surface area (Å²) in [6, 6.07) is 9.66. The SMILES string of the molecule is CCN(CC(=O)Nc1cc2c(cc1Cl)OCCCO2)C(C)c1ccc(F)cc1. The smallest absolute Gasteiger partial charge is 0.238 e. The van der Waals surface area contributed by atoms with Gasteiger partial charge in [0.2, 0.25) is 5.91 Å². The van der Waals surface area contributed by atoms with Gasteiger partial charge in [0.15, 0.2) is 11.5 Å². The van der Waals surface area contributed by atoms with Crippen molar-refractivity contribution < 1.29 is 18.7 Å². The van der Waals surface area contributed by atoms with Gasteiger partial charge in [-0.25, -0.2) is 4.39 Å². The van der Waals surface area contributed by atoms with Gasteiger partial charge in [0.05, 0.1) is 30.5 Å². The van der Waals surface area contributed by atoms with Gasteiger partial charge in [-0.05, 0) is 31.2 Å². The topological polar surface area (TPSA) is 50.8 Å². The number of anilines is 1. The molecule has 1 atom stereocenters. The largest absolute Gasteiger partial charge is 0.490 e. The molecule has 1 heterocycles. The third kappa shape index (κ3) is 4.94. The van der Waals surface area contributed by atoms with Crippen LogP contribution in [0.25, 0.3) is 0 Å². The first-order valence-corrected chi connectivity index (χ1v) is 9.74. The molecule has 0 saturated carbocycles. The van der Waals surface area contributed by atoms with E-state index in [1.54, 1.807) is 24.3 Å². The molecule has 0 saturated heterocycles. The summed E-state index contributed by atoms with van der Waals surface area (Å²) < 4.78 is 24.4. The number of carbonyl (C=O) groups excluding carboxylic acids is 1. The molecule has 1 aliphatic rings. The molecule has 2 aromatic rings. The highest BCUT2D eigenvalue weighted by atomic mass is 35.5. The van der Waals surface area contributed by atoms with Gasteiger partial charge < -0.3 is 14.8 Å². The van der Waals surface area contributed by atoms with Crippen LogP contribution in [-0.2, 0) is 4.79 Å². The van der Waals surface area contributed by atoms with Crippen molar-refractivity contribution >= 4 is 23.2 Å². The Balaban J connectivity index is 1.68. The number of hydrogen-bond acceptors (Lipinski definition) is 4. The van der Waals surface area contributed by atoms with Crippen LogP contribution in [0.1, 0.15) is 31.9 Å². The van der Waals surface area contributed by atoms with Crippen LogP contribution in [0.15, 0.2) is 36.4 Å². The molecule has 0 spiro atoms. The Bertz CT molecular complexity index is 829. The zero-order valence-electron chi connectivity index (χ0n) is 16.0. The number of amides is 1. The second-order valence-electron chi connectivity index (χ2n) is 6.67. The number of likely N-dealkylation sites (N-methyl/N-ethyl adjacent to an activating group) is 1. The van der Waals surface area contributed by atoms with E-state index >= 15 is 0 Å². The summed E-state index contributed by atoms with van der Waals surface area (Å²) in [4.78, 5) is 14.6. The molecule has 5 nitrogen and oxygen atoms in total. The lowest BCUT2D eigenvalue weighted by Crippen LogP contribution is -2.35. The minimum absolute atomic E-state index is 0.0319. The lowest BCUT2D eigenvalue weighted by molar-refractivity contribution is -0.117. The van der Waals surface area contributed by atoms with Gasteiger partial charge in [-0.1, -0.05) is 30.7 Å². The first kappa shape index (κ1) is 20.4. The highest BCUT2D eigenvalue weighted by Crippen LogP contribution is 2.37. The van der Waals surface area contributed by atoms with E-state index in [1.165, 1.54) is 12.1 Å². The Kier molecular flexibility index (Phi) is 6.75. The Morgan fingerprint density at radius 2 is 1.86 bits per heavy atom. The number of benzene rings is 2. The van der Waals surface area contributed by atoms with Gasteiger partial charge in [-0.3, -0.25) is 9.69 Å². The van der Waals surface area contributed by atoms with E-state index in [2.05, 4.69) is 5.32 Å². The number of halogens is 2. The van der Waals surface area contributed by atoms with Crippen molar-refractivity contribution in [2.24, 2.45) is 0 Å². The van der Waals surface area contributed by atoms with Crippen LogP contribution in [0.4, 0.5) is 10.1 Å². The maximum Gasteiger partial charge on any atom is 0.238 e. The highest BCUT2D eigenvalue weighted by Gasteiger charge is 2.20. The number of nitrogens with one attached hydrogen (secondary N) is 1. The number of ether oxygens (including phenoxy) is 2. The summed E-state index contributed by atoms with van der Waals surface area (Å²) in [7, 11) is 0. The number of rotatable bonds is 6. The molecule has 0 fully saturated rings. The van der Waals surface area contributed by atoms with Gasteiger partial charge in [0.1, 0.15) is 5.82 Å². The zero-order valence-corrected chi connectivity index (χ0v) is 16.8. The number of carbonyl (C=O) groups is 1. The van der Waals surface area contributed by atoms with Crippen LogP contribution in [0, 0.1) is 5.82 Å². The molecule has 2 aromatic carbocycles. The molecule has 0 aliphatic carbocycles. The van der Waals surface area contributed by atoms with Crippen molar-refractivity contribution in [3.8, 4) is 11.5 Å². The van der Waals surface area contributed by atoms with E-state index in [4.69, 9.17) is 21.1 Å². The predicted octanol–water partition coefficient (Wildman–Crippen LogP) is 4.66. The molecule has 1 aliphatic heterocycles. The molecule has 1 N–H and O–H groups in total. The third-order valence-electron chi connectivity index (χ3n) is 4.76. The van der Waals surface area contributed by atoms with Crippen LogP contribution in [0.2, 0.25) is 5.02 Å². The molecule has 0 radical (unpaired) electrons. The van der Waals surface area contributed by atoms with Crippen molar-refractivity contribution in [2.75, 3.05) is 31.6 Å². The van der Waals surface area contributed by atoms with E-state index in [1.807, 2.05) is 18.7 Å². The van der Waals surface area contributed by atoms with E-state index < -0.39 is 0 Å². The maximum absolute atomic E-state index is 13.2. The van der Waals surface area contributed by atoms with Crippen LogP contribution in [-0.4, -0.2) is 37.1 Å². The van der Waals surface area contributed by atoms with Crippen molar-refractivity contribution in [2.45, 2.75) is 26.3 Å². The van der Waals surface area contributed by atoms with E-state index in [-0.39, 0.29) is 24.3 Å². The monoisotopic (exact) mass is 406 g/mol. The van der Waals surface area contributed by atoms with Gasteiger partial charge >= 0.3 is 0 Å². The molecule has 7 heteroatoms. The van der Waals surface area contributed by atoms with E-state index in [0.717, 1.165) is 12.0 Å². The molecule has 0 bridgehead atoms. The van der Waals surface area contributed by atoms with Gasteiger partial charge in [0.25, 0.3) is 0 Å². The van der Waals surface area contributed by atoms with Crippen LogP contribution in [0.3, 0.4) is 0 Å². The molecule has 1 unspecified atom stereocenters. The fraction of sp³-hybridized carbons (Fsp3) is 0.381. The Hall–Kier alpha value is -2.31. The number of fused-ring (bicyclic) bond motifs is 1. The summed E-state index contributed by atoms with van der Waals surface area (Å²) in [5, 5.41) is 3.25. The highest BCUT2D eigenvalue weighted by molar-refractivity contribution is 6.34. The number of hydrogen-bond donors (Lipinski definition) is 1. The van der Waals surface area contributed by atoms with Gasteiger partial charge in [-0.15, -0.1) is 0 Å². The standard InChI is InChI=1S/C21H24ClFN2O3/c1-3-25(14(2)15-5-7-16(23)8-6-15)13-21(26)24-18-12-20-19(11-17(18)22)27-9-4-10-28-20/h5-8,11-12,14H,3-4,9-10,13H2,1-2H3,(H,24,26). The summed E-state index contributed by atoms with van der Waals surface area (Å²) in [6.45, 7) is 5.95. The fourth-order valence-electron chi connectivity index (χ4n) is 3.13. The van der Waals surface area contributed by atoms with Crippen molar-refractivity contribution in [1.82, 2.24) is 4.90 Å². The van der Waals surface area contributed by atoms with Gasteiger partial charge in [-0.2, -0.15) is 0 Å². The lowest BCUT2D eigenvalue weighted by atomic mass is 10.1. The second-order valence-corrected chi connectivity index (χ2v) is 7.08. The molecule has 150 valence electrons. The third-order valence-corrected chi connectivity index (χ3v) is 5.08. The van der Waals surface area contributed by atoms with Crippen molar-refractivity contribution in [3.63, 3.8) is 0 Å². The fourth-order valence-corrected chi connectivity index (χ4v) is 3.33.